The van der Waals surface area contributed by atoms with Crippen molar-refractivity contribution in [2.45, 2.75) is 45.8 Å². The van der Waals surface area contributed by atoms with Crippen LogP contribution >= 0.6 is 11.3 Å². The van der Waals surface area contributed by atoms with Crippen molar-refractivity contribution in [2.24, 2.45) is 0 Å². The van der Waals surface area contributed by atoms with E-state index >= 15 is 0 Å². The number of aryl methyl sites for hydroxylation is 2. The minimum Gasteiger partial charge on any atom is -0.394 e. The Morgan fingerprint density at radius 1 is 1.60 bits per heavy atom. The minimum absolute atomic E-state index is 0.0406. The number of aliphatic hydroxyl groups is 1. The molecule has 0 saturated carbocycles. The molecule has 1 amide bonds. The zero-order valence-corrected chi connectivity index (χ0v) is 13.2. The Kier molecular flexibility index (Phi) is 5.18. The first-order valence-electron chi connectivity index (χ1n) is 7.19. The van der Waals surface area contributed by atoms with Gasteiger partial charge in [0.15, 0.2) is 0 Å². The SMILES string of the molecule is CCCc1cc(C(=O)N2CC(CO)OCC2C)sc1C. The molecule has 0 radical (unpaired) electrons. The first-order chi connectivity index (χ1) is 9.56. The Labute approximate surface area is 124 Å². The van der Waals surface area contributed by atoms with Crippen molar-refractivity contribution in [1.82, 2.24) is 4.90 Å². The van der Waals surface area contributed by atoms with E-state index in [2.05, 4.69) is 13.8 Å². The van der Waals surface area contributed by atoms with Crippen LogP contribution in [0.3, 0.4) is 0 Å². The number of hydrogen-bond donors (Lipinski definition) is 1. The van der Waals surface area contributed by atoms with Gasteiger partial charge in [-0.2, -0.15) is 0 Å². The van der Waals surface area contributed by atoms with Gasteiger partial charge in [0.05, 0.1) is 30.2 Å². The van der Waals surface area contributed by atoms with Gasteiger partial charge in [0.1, 0.15) is 0 Å². The molecule has 20 heavy (non-hydrogen) atoms. The van der Waals surface area contributed by atoms with Crippen LogP contribution < -0.4 is 0 Å². The third-order valence-corrected chi connectivity index (χ3v) is 4.80. The lowest BCUT2D eigenvalue weighted by molar-refractivity contribution is -0.0666. The maximum Gasteiger partial charge on any atom is 0.264 e. The number of aliphatic hydroxyl groups excluding tert-OH is 1. The van der Waals surface area contributed by atoms with E-state index in [0.29, 0.717) is 13.2 Å². The summed E-state index contributed by atoms with van der Waals surface area (Å²) >= 11 is 1.57. The molecule has 2 unspecified atom stereocenters. The van der Waals surface area contributed by atoms with Crippen LogP contribution in [-0.4, -0.2) is 47.8 Å². The van der Waals surface area contributed by atoms with Gasteiger partial charge < -0.3 is 14.7 Å². The standard InChI is InChI=1S/C15H23NO3S/c1-4-5-12-6-14(20-11(12)3)15(18)16-7-13(8-17)19-9-10(16)2/h6,10,13,17H,4-5,7-9H2,1-3H3. The van der Waals surface area contributed by atoms with Gasteiger partial charge >= 0.3 is 0 Å². The highest BCUT2D eigenvalue weighted by molar-refractivity contribution is 7.14. The molecule has 1 aliphatic rings. The van der Waals surface area contributed by atoms with E-state index in [0.717, 1.165) is 17.7 Å². The van der Waals surface area contributed by atoms with Crippen molar-refractivity contribution in [1.29, 1.82) is 0 Å². The van der Waals surface area contributed by atoms with Crippen LogP contribution in [-0.2, 0) is 11.2 Å². The molecule has 2 heterocycles. The molecule has 4 nitrogen and oxygen atoms in total. The van der Waals surface area contributed by atoms with E-state index in [4.69, 9.17) is 4.74 Å². The average Bonchev–Trinajstić information content (AvgIpc) is 2.80. The summed E-state index contributed by atoms with van der Waals surface area (Å²) in [5, 5.41) is 9.21. The van der Waals surface area contributed by atoms with E-state index in [9.17, 15) is 9.90 Å². The lowest BCUT2D eigenvalue weighted by Gasteiger charge is -2.37. The first-order valence-corrected chi connectivity index (χ1v) is 8.01. The molecular weight excluding hydrogens is 274 g/mol. The molecule has 1 saturated heterocycles. The molecule has 1 fully saturated rings. The molecule has 0 spiro atoms. The van der Waals surface area contributed by atoms with Crippen LogP contribution in [0.4, 0.5) is 0 Å². The minimum atomic E-state index is -0.258. The van der Waals surface area contributed by atoms with Gasteiger partial charge in [-0.25, -0.2) is 0 Å². The van der Waals surface area contributed by atoms with E-state index < -0.39 is 0 Å². The maximum atomic E-state index is 12.6. The predicted molar refractivity (Wildman–Crippen MR) is 80.4 cm³/mol. The van der Waals surface area contributed by atoms with Gasteiger partial charge in [0.2, 0.25) is 0 Å². The number of amides is 1. The third-order valence-electron chi connectivity index (χ3n) is 3.72. The molecule has 1 N–H and O–H groups in total. The highest BCUT2D eigenvalue weighted by Crippen LogP contribution is 2.25. The number of carbonyl (C=O) groups is 1. The number of carbonyl (C=O) groups excluding carboxylic acids is 1. The number of nitrogens with zero attached hydrogens (tertiary/aromatic N) is 1. The van der Waals surface area contributed by atoms with Crippen LogP contribution in [0.1, 0.15) is 40.4 Å². The summed E-state index contributed by atoms with van der Waals surface area (Å²) in [5.41, 5.74) is 1.28. The van der Waals surface area contributed by atoms with Crippen LogP contribution in [0.15, 0.2) is 6.07 Å². The zero-order valence-electron chi connectivity index (χ0n) is 12.4. The quantitative estimate of drug-likeness (QED) is 0.927. The second-order valence-corrected chi connectivity index (χ2v) is 6.64. The van der Waals surface area contributed by atoms with Crippen molar-refractivity contribution >= 4 is 17.2 Å². The Morgan fingerprint density at radius 2 is 2.35 bits per heavy atom. The molecule has 112 valence electrons. The largest absolute Gasteiger partial charge is 0.394 e. The molecular formula is C15H23NO3S. The van der Waals surface area contributed by atoms with E-state index in [1.807, 2.05) is 17.9 Å². The van der Waals surface area contributed by atoms with Crippen molar-refractivity contribution in [2.75, 3.05) is 19.8 Å². The number of thiophene rings is 1. The summed E-state index contributed by atoms with van der Waals surface area (Å²) < 4.78 is 5.48. The maximum absolute atomic E-state index is 12.6. The van der Waals surface area contributed by atoms with Gasteiger partial charge in [-0.1, -0.05) is 13.3 Å². The van der Waals surface area contributed by atoms with E-state index in [1.54, 1.807) is 11.3 Å². The highest BCUT2D eigenvalue weighted by Gasteiger charge is 2.30. The number of rotatable bonds is 4. The average molecular weight is 297 g/mol. The number of ether oxygens (including phenoxy) is 1. The predicted octanol–water partition coefficient (Wildman–Crippen LogP) is 2.23. The fraction of sp³-hybridized carbons (Fsp3) is 0.667. The Balaban J connectivity index is 2.15. The normalized spacial score (nSPS) is 23.1. The molecule has 1 aliphatic heterocycles. The fourth-order valence-electron chi connectivity index (χ4n) is 2.50. The molecule has 0 bridgehead atoms. The molecule has 1 aromatic rings. The van der Waals surface area contributed by atoms with Gasteiger partial charge in [0.25, 0.3) is 5.91 Å². The topological polar surface area (TPSA) is 49.8 Å². The Bertz CT molecular complexity index is 472. The summed E-state index contributed by atoms with van der Waals surface area (Å²) in [4.78, 5) is 16.5. The van der Waals surface area contributed by atoms with Crippen LogP contribution in [0.25, 0.3) is 0 Å². The second-order valence-electron chi connectivity index (χ2n) is 5.39. The molecule has 1 aromatic heterocycles. The molecule has 2 rings (SSSR count). The lowest BCUT2D eigenvalue weighted by atomic mass is 10.1. The monoisotopic (exact) mass is 297 g/mol. The van der Waals surface area contributed by atoms with E-state index in [1.165, 1.54) is 10.4 Å². The fourth-order valence-corrected chi connectivity index (χ4v) is 3.52. The number of hydrogen-bond acceptors (Lipinski definition) is 4. The number of morpholine rings is 1. The highest BCUT2D eigenvalue weighted by atomic mass is 32.1. The summed E-state index contributed by atoms with van der Waals surface area (Å²) in [5.74, 6) is 0.0645. The third kappa shape index (κ3) is 3.22. The zero-order chi connectivity index (χ0) is 14.7. The van der Waals surface area contributed by atoms with Crippen LogP contribution in [0.5, 0.6) is 0 Å². The summed E-state index contributed by atoms with van der Waals surface area (Å²) in [6.45, 7) is 7.12. The molecule has 0 aromatic carbocycles. The van der Waals surface area contributed by atoms with Crippen molar-refractivity contribution in [3.8, 4) is 0 Å². The van der Waals surface area contributed by atoms with Crippen molar-refractivity contribution in [3.05, 3.63) is 21.4 Å². The summed E-state index contributed by atoms with van der Waals surface area (Å²) in [7, 11) is 0. The molecule has 5 heteroatoms. The van der Waals surface area contributed by atoms with Gasteiger partial charge in [0, 0.05) is 11.4 Å². The Hall–Kier alpha value is -0.910. The van der Waals surface area contributed by atoms with Crippen molar-refractivity contribution < 1.29 is 14.6 Å². The van der Waals surface area contributed by atoms with Gasteiger partial charge in [-0.3, -0.25) is 4.79 Å². The lowest BCUT2D eigenvalue weighted by Crippen LogP contribution is -2.51. The smallest absolute Gasteiger partial charge is 0.264 e. The summed E-state index contributed by atoms with van der Waals surface area (Å²) in [6.07, 6.45) is 1.85. The first kappa shape index (κ1) is 15.5. The summed E-state index contributed by atoms with van der Waals surface area (Å²) in [6, 6.07) is 2.09. The van der Waals surface area contributed by atoms with Gasteiger partial charge in [-0.15, -0.1) is 11.3 Å². The Morgan fingerprint density at radius 3 is 3.00 bits per heavy atom. The van der Waals surface area contributed by atoms with Crippen LogP contribution in [0.2, 0.25) is 0 Å². The van der Waals surface area contributed by atoms with Gasteiger partial charge in [-0.05, 0) is 31.9 Å². The molecule has 2 atom stereocenters. The second kappa shape index (κ2) is 6.70. The van der Waals surface area contributed by atoms with E-state index in [-0.39, 0.29) is 24.7 Å². The van der Waals surface area contributed by atoms with Crippen molar-refractivity contribution in [3.63, 3.8) is 0 Å². The molecule has 0 aliphatic carbocycles. The van der Waals surface area contributed by atoms with Crippen LogP contribution in [0, 0.1) is 6.92 Å².